The van der Waals surface area contributed by atoms with Crippen LogP contribution in [0, 0.1) is 91.2 Å². The van der Waals surface area contributed by atoms with Crippen LogP contribution in [0.1, 0.15) is 193 Å². The number of carbonyl (C=O) groups is 1. The van der Waals surface area contributed by atoms with Gasteiger partial charge in [0.1, 0.15) is 0 Å². The average molecular weight is 849 g/mol. The van der Waals surface area contributed by atoms with Crippen LogP contribution >= 0.6 is 0 Å². The lowest BCUT2D eigenvalue weighted by atomic mass is 9.21. The Labute approximate surface area is 376 Å². The highest BCUT2D eigenvalue weighted by Crippen LogP contribution is 2.88. The molecule has 1 aromatic carbocycles. The van der Waals surface area contributed by atoms with Gasteiger partial charge >= 0.3 is 5.97 Å². The highest BCUT2D eigenvalue weighted by atomic mass is 16.6. The Morgan fingerprint density at radius 3 is 2.31 bits per heavy atom. The number of ether oxygens (including phenoxy) is 2. The number of carboxylic acid groups (broad SMARTS) is 1. The smallest absolute Gasteiger partial charge is 0.309 e. The number of aliphatic hydroxyl groups is 1. The second kappa shape index (κ2) is 15.6. The van der Waals surface area contributed by atoms with Crippen LogP contribution < -0.4 is 0 Å². The van der Waals surface area contributed by atoms with Gasteiger partial charge in [-0.25, -0.2) is 0 Å². The number of benzene rings is 1. The van der Waals surface area contributed by atoms with Crippen molar-refractivity contribution in [2.45, 2.75) is 207 Å². The van der Waals surface area contributed by atoms with Gasteiger partial charge in [0.15, 0.2) is 5.79 Å². The van der Waals surface area contributed by atoms with E-state index in [-0.39, 0.29) is 44.5 Å². The van der Waals surface area contributed by atoms with Gasteiger partial charge in [0.25, 0.3) is 0 Å². The zero-order valence-electron chi connectivity index (χ0n) is 39.9. The SMILES string of the molecule is CCCC1C2(O)CC3CCC4CC56CCC(CCC7CCCCC7)CC#CC7(CCC1(C(Cc1ccc(CCOC)cc1)O2)C3C47C)C5(C)CCC1(C)CCC(C)(C(=O)O)CC16. The maximum absolute atomic E-state index is 13.3. The van der Waals surface area contributed by atoms with Crippen molar-refractivity contribution >= 4 is 5.97 Å². The van der Waals surface area contributed by atoms with E-state index in [0.717, 1.165) is 83.2 Å². The third-order valence-electron chi connectivity index (χ3n) is 22.8. The lowest BCUT2D eigenvalue weighted by Crippen LogP contribution is -2.78. The van der Waals surface area contributed by atoms with Crippen LogP contribution in [-0.2, 0) is 27.1 Å². The number of hydrogen-bond donors (Lipinski definition) is 2. The zero-order chi connectivity index (χ0) is 43.4. The van der Waals surface area contributed by atoms with E-state index in [0.29, 0.717) is 29.6 Å². The van der Waals surface area contributed by atoms with E-state index < -0.39 is 17.2 Å². The van der Waals surface area contributed by atoms with Crippen LogP contribution in [0.3, 0.4) is 0 Å². The highest BCUT2D eigenvalue weighted by Gasteiger charge is 2.85. The van der Waals surface area contributed by atoms with Gasteiger partial charge in [-0.05, 0) is 178 Å². The average Bonchev–Trinajstić information content (AvgIpc) is 3.41. The molecule has 7 saturated carbocycles. The fraction of sp³-hybridized carbons (Fsp3) is 0.842. The molecule has 62 heavy (non-hydrogen) atoms. The van der Waals surface area contributed by atoms with Gasteiger partial charge in [-0.1, -0.05) is 103 Å². The Morgan fingerprint density at radius 1 is 0.823 bits per heavy atom. The van der Waals surface area contributed by atoms with Crippen LogP contribution in [0.2, 0.25) is 0 Å². The molecule has 15 unspecified atom stereocenters. The second-order valence-electron chi connectivity index (χ2n) is 25.0. The molecular formula is C57H84O5. The Balaban J connectivity index is 1.11. The van der Waals surface area contributed by atoms with Crippen molar-refractivity contribution in [1.29, 1.82) is 0 Å². The monoisotopic (exact) mass is 849 g/mol. The molecule has 0 amide bonds. The molecule has 9 aliphatic rings. The minimum absolute atomic E-state index is 0.0108. The van der Waals surface area contributed by atoms with Crippen molar-refractivity contribution in [2.24, 2.45) is 79.3 Å². The first kappa shape index (κ1) is 44.0. The number of hydrogen-bond acceptors (Lipinski definition) is 4. The van der Waals surface area contributed by atoms with Gasteiger partial charge in [-0.2, -0.15) is 0 Å². The molecule has 5 heteroatoms. The number of carboxylic acids is 1. The highest BCUT2D eigenvalue weighted by molar-refractivity contribution is 5.74. The maximum Gasteiger partial charge on any atom is 0.309 e. The second-order valence-corrected chi connectivity index (χ2v) is 25.0. The fourth-order valence-corrected chi connectivity index (χ4v) is 19.7. The van der Waals surface area contributed by atoms with Crippen molar-refractivity contribution in [3.8, 4) is 11.8 Å². The topological polar surface area (TPSA) is 76.0 Å². The molecule has 1 aromatic rings. The number of fused-ring (bicyclic) bond motifs is 2. The first-order valence-corrected chi connectivity index (χ1v) is 26.4. The molecule has 1 heterocycles. The van der Waals surface area contributed by atoms with E-state index in [2.05, 4.69) is 70.7 Å². The molecule has 5 nitrogen and oxygen atoms in total. The molecule has 10 rings (SSSR count). The lowest BCUT2D eigenvalue weighted by Gasteiger charge is -2.82. The van der Waals surface area contributed by atoms with E-state index in [1.54, 1.807) is 7.11 Å². The summed E-state index contributed by atoms with van der Waals surface area (Å²) < 4.78 is 12.7. The molecule has 1 aliphatic heterocycles. The Bertz CT molecular complexity index is 1910. The predicted molar refractivity (Wildman–Crippen MR) is 247 cm³/mol. The largest absolute Gasteiger partial charge is 0.481 e. The molecular weight excluding hydrogens is 765 g/mol. The van der Waals surface area contributed by atoms with Crippen molar-refractivity contribution < 1.29 is 24.5 Å². The molecule has 0 radical (unpaired) electrons. The third kappa shape index (κ3) is 6.12. The lowest BCUT2D eigenvalue weighted by molar-refractivity contribution is -0.338. The Hall–Kier alpha value is -1.87. The van der Waals surface area contributed by atoms with Crippen LogP contribution in [0.4, 0.5) is 0 Å². The summed E-state index contributed by atoms with van der Waals surface area (Å²) in [5.41, 5.74) is 1.93. The predicted octanol–water partition coefficient (Wildman–Crippen LogP) is 13.0. The van der Waals surface area contributed by atoms with E-state index >= 15 is 0 Å². The van der Waals surface area contributed by atoms with E-state index in [1.165, 1.54) is 101 Å². The fourth-order valence-electron chi connectivity index (χ4n) is 19.7. The normalized spacial score (nSPS) is 49.2. The molecule has 342 valence electrons. The molecule has 4 bridgehead atoms. The zero-order valence-corrected chi connectivity index (χ0v) is 39.9. The summed E-state index contributed by atoms with van der Waals surface area (Å²) >= 11 is 0. The maximum atomic E-state index is 13.3. The van der Waals surface area contributed by atoms with Crippen molar-refractivity contribution in [3.05, 3.63) is 35.4 Å². The van der Waals surface area contributed by atoms with Gasteiger partial charge in [-0.3, -0.25) is 4.79 Å². The van der Waals surface area contributed by atoms with Gasteiger partial charge in [0.05, 0.1) is 18.1 Å². The number of aliphatic carboxylic acids is 1. The number of rotatable bonds is 11. The van der Waals surface area contributed by atoms with E-state index in [1.807, 2.05) is 0 Å². The van der Waals surface area contributed by atoms with E-state index in [9.17, 15) is 15.0 Å². The quantitative estimate of drug-likeness (QED) is 0.217. The molecule has 1 saturated heterocycles. The van der Waals surface area contributed by atoms with E-state index in [4.69, 9.17) is 9.47 Å². The van der Waals surface area contributed by atoms with Gasteiger partial charge in [-0.15, -0.1) is 5.92 Å². The molecule has 2 N–H and O–H groups in total. The van der Waals surface area contributed by atoms with Crippen molar-refractivity contribution in [3.63, 3.8) is 0 Å². The first-order chi connectivity index (χ1) is 29.7. The van der Waals surface area contributed by atoms with Crippen LogP contribution in [0.25, 0.3) is 0 Å². The Kier molecular flexibility index (Phi) is 11.1. The molecule has 15 atom stereocenters. The minimum Gasteiger partial charge on any atom is -0.481 e. The summed E-state index contributed by atoms with van der Waals surface area (Å²) in [5.74, 6) is 10.6. The summed E-state index contributed by atoms with van der Waals surface area (Å²) in [6.45, 7) is 13.3. The van der Waals surface area contributed by atoms with Gasteiger partial charge in [0, 0.05) is 36.7 Å². The van der Waals surface area contributed by atoms with Crippen molar-refractivity contribution in [1.82, 2.24) is 0 Å². The van der Waals surface area contributed by atoms with Crippen LogP contribution in [0.15, 0.2) is 24.3 Å². The third-order valence-corrected chi connectivity index (χ3v) is 22.8. The standard InChI is InChI=1S/C57H84O5/c1-7-12-45-56-33-32-55-26-11-15-40(17-16-39-13-9-8-10-14-39)24-27-54(46-38-51(3,49(58)59)29-28-50(46,2)30-31-52(54,55)4)37-44-23-22-43(48(56)53(44,55)5)36-57(45,60)62-47(56)35-42-20-18-41(19-21-42)25-34-61-6/h18-21,39-40,43-48,60H,7-10,12-17,22-25,27-38H2,1-6H3,(H,58,59). The molecule has 8 fully saturated rings. The first-order valence-electron chi connectivity index (χ1n) is 26.4. The van der Waals surface area contributed by atoms with Crippen molar-refractivity contribution in [2.75, 3.05) is 13.7 Å². The van der Waals surface area contributed by atoms with Gasteiger partial charge < -0.3 is 19.7 Å². The summed E-state index contributed by atoms with van der Waals surface area (Å²) in [5, 5.41) is 23.9. The van der Waals surface area contributed by atoms with Crippen LogP contribution in [0.5, 0.6) is 0 Å². The Morgan fingerprint density at radius 2 is 1.56 bits per heavy atom. The summed E-state index contributed by atoms with van der Waals surface area (Å²) in [4.78, 5) is 13.3. The summed E-state index contributed by atoms with van der Waals surface area (Å²) in [6.07, 6.45) is 28.8. The van der Waals surface area contributed by atoms with Gasteiger partial charge in [0.2, 0.25) is 0 Å². The molecule has 8 aliphatic carbocycles. The summed E-state index contributed by atoms with van der Waals surface area (Å²) in [7, 11) is 1.78. The summed E-state index contributed by atoms with van der Waals surface area (Å²) in [6, 6.07) is 9.24. The molecule has 2 spiro atoms. The molecule has 0 aromatic heterocycles. The minimum atomic E-state index is -1.07. The van der Waals surface area contributed by atoms with Crippen LogP contribution in [-0.4, -0.2) is 41.8 Å². The number of methoxy groups -OCH3 is 1.